The number of carbonyl (C=O) groups excluding carboxylic acids is 3. The van der Waals surface area contributed by atoms with Crippen LogP contribution in [0.3, 0.4) is 0 Å². The third kappa shape index (κ3) is 4.65. The molecule has 0 radical (unpaired) electrons. The van der Waals surface area contributed by atoms with E-state index >= 15 is 0 Å². The molecule has 36 heavy (non-hydrogen) atoms. The van der Waals surface area contributed by atoms with Gasteiger partial charge in [0.1, 0.15) is 6.54 Å². The first-order valence-electron chi connectivity index (χ1n) is 11.5. The van der Waals surface area contributed by atoms with Crippen LogP contribution in [0.2, 0.25) is 10.0 Å². The zero-order valence-electron chi connectivity index (χ0n) is 19.3. The number of benzene rings is 2. The largest absolute Gasteiger partial charge is 0.348 e. The molecule has 3 heterocycles. The first kappa shape index (κ1) is 24.9. The second-order valence-electron chi connectivity index (χ2n) is 9.02. The van der Waals surface area contributed by atoms with E-state index in [4.69, 9.17) is 23.2 Å². The van der Waals surface area contributed by atoms with Gasteiger partial charge in [-0.25, -0.2) is 0 Å². The highest BCUT2D eigenvalue weighted by Crippen LogP contribution is 2.33. The van der Waals surface area contributed by atoms with E-state index in [1.54, 1.807) is 26.6 Å². The number of likely N-dealkylation sites (tertiary alicyclic amines) is 1. The maximum Gasteiger partial charge on any atom is 0.256 e. The van der Waals surface area contributed by atoms with E-state index in [2.05, 4.69) is 27.8 Å². The Morgan fingerprint density at radius 1 is 1.14 bits per heavy atom. The van der Waals surface area contributed by atoms with Crippen LogP contribution in [0.1, 0.15) is 21.5 Å². The molecule has 10 heteroatoms. The van der Waals surface area contributed by atoms with Gasteiger partial charge in [0.05, 0.1) is 21.7 Å². The minimum Gasteiger partial charge on any atom is -0.348 e. The molecule has 0 saturated carbocycles. The molecule has 1 saturated heterocycles. The van der Waals surface area contributed by atoms with Crippen molar-refractivity contribution < 1.29 is 14.4 Å². The Hall–Kier alpha value is -2.81. The molecule has 1 aromatic heterocycles. The lowest BCUT2D eigenvalue weighted by molar-refractivity contribution is -0.133. The van der Waals surface area contributed by atoms with Crippen molar-refractivity contribution in [1.29, 1.82) is 0 Å². The average molecular weight is 590 g/mol. The van der Waals surface area contributed by atoms with Gasteiger partial charge < -0.3 is 19.7 Å². The SMILES string of the molecule is C=CC(=O)N1CC(NC(=O)Cn2cc(C(=O)N3CCc4c(ccc(Cl)c4Cl)C3)c3cc(Br)ccc32)C1. The van der Waals surface area contributed by atoms with E-state index < -0.39 is 0 Å². The van der Waals surface area contributed by atoms with Gasteiger partial charge in [0.25, 0.3) is 5.91 Å². The first-order valence-corrected chi connectivity index (χ1v) is 13.0. The standard InChI is InChI=1S/C26H23BrCl2N4O3/c1-2-24(35)33-11-17(12-33)30-23(34)14-32-13-20(19-9-16(27)4-6-22(19)32)26(36)31-8-7-18-15(10-31)3-5-21(28)25(18)29/h2-6,9,13,17H,1,7-8,10-12,14H2,(H,30,34). The molecule has 0 aliphatic carbocycles. The third-order valence-electron chi connectivity index (χ3n) is 6.69. The number of nitrogens with zero attached hydrogens (tertiary/aromatic N) is 3. The van der Waals surface area contributed by atoms with Crippen molar-refractivity contribution in [1.82, 2.24) is 19.7 Å². The van der Waals surface area contributed by atoms with Gasteiger partial charge in [0.2, 0.25) is 11.8 Å². The highest BCUT2D eigenvalue weighted by molar-refractivity contribution is 9.10. The van der Waals surface area contributed by atoms with Crippen molar-refractivity contribution in [3.05, 3.63) is 80.4 Å². The molecule has 2 aromatic carbocycles. The number of hydrogen-bond donors (Lipinski definition) is 1. The molecule has 2 aliphatic rings. The van der Waals surface area contributed by atoms with E-state index in [-0.39, 0.29) is 30.3 Å². The summed E-state index contributed by atoms with van der Waals surface area (Å²) >= 11 is 16.0. The average Bonchev–Trinajstić information content (AvgIpc) is 3.19. The maximum absolute atomic E-state index is 13.6. The van der Waals surface area contributed by atoms with E-state index in [1.807, 2.05) is 24.3 Å². The van der Waals surface area contributed by atoms with Crippen molar-refractivity contribution in [2.75, 3.05) is 19.6 Å². The van der Waals surface area contributed by atoms with Crippen LogP contribution >= 0.6 is 39.1 Å². The van der Waals surface area contributed by atoms with Crippen molar-refractivity contribution >= 4 is 67.8 Å². The lowest BCUT2D eigenvalue weighted by Crippen LogP contribution is -2.61. The van der Waals surface area contributed by atoms with E-state index in [0.717, 1.165) is 26.5 Å². The van der Waals surface area contributed by atoms with Gasteiger partial charge in [0, 0.05) is 47.8 Å². The molecule has 0 bridgehead atoms. The van der Waals surface area contributed by atoms with Crippen LogP contribution < -0.4 is 5.32 Å². The quantitative estimate of drug-likeness (QED) is 0.448. The van der Waals surface area contributed by atoms with E-state index in [0.29, 0.717) is 48.2 Å². The number of halogens is 3. The number of carbonyl (C=O) groups is 3. The Morgan fingerprint density at radius 2 is 1.92 bits per heavy atom. The second-order valence-corrected chi connectivity index (χ2v) is 10.7. The number of fused-ring (bicyclic) bond motifs is 2. The van der Waals surface area contributed by atoms with Crippen LogP contribution in [-0.2, 0) is 29.1 Å². The zero-order valence-corrected chi connectivity index (χ0v) is 22.4. The molecular weight excluding hydrogens is 567 g/mol. The van der Waals surface area contributed by atoms with Gasteiger partial charge in [-0.2, -0.15) is 0 Å². The van der Waals surface area contributed by atoms with Gasteiger partial charge in [-0.05, 0) is 47.9 Å². The minimum absolute atomic E-state index is 0.0637. The summed E-state index contributed by atoms with van der Waals surface area (Å²) in [6.07, 6.45) is 3.64. The first-order chi connectivity index (χ1) is 17.2. The summed E-state index contributed by atoms with van der Waals surface area (Å²) in [5.74, 6) is -0.425. The maximum atomic E-state index is 13.6. The van der Waals surface area contributed by atoms with Gasteiger partial charge in [-0.1, -0.05) is 51.8 Å². The number of rotatable bonds is 5. The second kappa shape index (κ2) is 9.92. The third-order valence-corrected chi connectivity index (χ3v) is 8.03. The number of hydrogen-bond acceptors (Lipinski definition) is 3. The van der Waals surface area contributed by atoms with Crippen molar-refractivity contribution in [2.24, 2.45) is 0 Å². The molecule has 3 amide bonds. The van der Waals surface area contributed by atoms with E-state index in [9.17, 15) is 14.4 Å². The molecule has 1 N–H and O–H groups in total. The van der Waals surface area contributed by atoms with Crippen LogP contribution in [0.25, 0.3) is 10.9 Å². The molecule has 0 atom stereocenters. The van der Waals surface area contributed by atoms with Gasteiger partial charge in [0.15, 0.2) is 0 Å². The van der Waals surface area contributed by atoms with Crippen LogP contribution in [0.5, 0.6) is 0 Å². The smallest absolute Gasteiger partial charge is 0.256 e. The summed E-state index contributed by atoms with van der Waals surface area (Å²) in [5.41, 5.74) is 3.30. The summed E-state index contributed by atoms with van der Waals surface area (Å²) in [6.45, 7) is 5.43. The van der Waals surface area contributed by atoms with Crippen molar-refractivity contribution in [3.63, 3.8) is 0 Å². The van der Waals surface area contributed by atoms with Gasteiger partial charge >= 0.3 is 0 Å². The van der Waals surface area contributed by atoms with Crippen molar-refractivity contribution in [2.45, 2.75) is 25.6 Å². The predicted octanol–water partition coefficient (Wildman–Crippen LogP) is 4.42. The van der Waals surface area contributed by atoms with Crippen LogP contribution in [0, 0.1) is 0 Å². The molecule has 5 rings (SSSR count). The zero-order chi connectivity index (χ0) is 25.6. The molecule has 0 unspecified atom stereocenters. The summed E-state index contributed by atoms with van der Waals surface area (Å²) < 4.78 is 2.64. The lowest BCUT2D eigenvalue weighted by Gasteiger charge is -2.38. The number of nitrogens with one attached hydrogen (secondary N) is 1. The summed E-state index contributed by atoms with van der Waals surface area (Å²) in [6, 6.07) is 9.26. The molecule has 1 fully saturated rings. The topological polar surface area (TPSA) is 74.6 Å². The molecular formula is C26H23BrCl2N4O3. The Kier molecular flexibility index (Phi) is 6.85. The normalized spacial score (nSPS) is 15.4. The van der Waals surface area contributed by atoms with E-state index in [1.165, 1.54) is 6.08 Å². The summed E-state index contributed by atoms with van der Waals surface area (Å²) in [5, 5.41) is 4.80. The minimum atomic E-state index is -0.178. The summed E-state index contributed by atoms with van der Waals surface area (Å²) in [7, 11) is 0. The molecule has 186 valence electrons. The van der Waals surface area contributed by atoms with Crippen LogP contribution in [0.4, 0.5) is 0 Å². The molecule has 0 spiro atoms. The Balaban J connectivity index is 1.35. The van der Waals surface area contributed by atoms with Crippen LogP contribution in [-0.4, -0.2) is 57.8 Å². The monoisotopic (exact) mass is 588 g/mol. The molecule has 3 aromatic rings. The Morgan fingerprint density at radius 3 is 2.67 bits per heavy atom. The van der Waals surface area contributed by atoms with Gasteiger partial charge in [-0.3, -0.25) is 14.4 Å². The fourth-order valence-electron chi connectivity index (χ4n) is 4.80. The van der Waals surface area contributed by atoms with Gasteiger partial charge in [-0.15, -0.1) is 0 Å². The fraction of sp³-hybridized carbons (Fsp3) is 0.269. The Bertz CT molecular complexity index is 1410. The lowest BCUT2D eigenvalue weighted by atomic mass is 9.99. The van der Waals surface area contributed by atoms with Crippen molar-refractivity contribution in [3.8, 4) is 0 Å². The fourth-order valence-corrected chi connectivity index (χ4v) is 5.62. The number of aromatic nitrogens is 1. The highest BCUT2D eigenvalue weighted by atomic mass is 79.9. The number of amides is 3. The molecule has 2 aliphatic heterocycles. The highest BCUT2D eigenvalue weighted by Gasteiger charge is 2.31. The molecule has 7 nitrogen and oxygen atoms in total. The predicted molar refractivity (Wildman–Crippen MR) is 143 cm³/mol. The Labute approximate surface area is 226 Å². The van der Waals surface area contributed by atoms with Crippen LogP contribution in [0.15, 0.2) is 53.7 Å². The summed E-state index contributed by atoms with van der Waals surface area (Å²) in [4.78, 5) is 41.5.